The minimum atomic E-state index is 0.677. The average Bonchev–Trinajstić information content (AvgIpc) is 3.07. The molecule has 0 amide bonds. The van der Waals surface area contributed by atoms with Gasteiger partial charge in [0.25, 0.3) is 0 Å². The number of amidine groups is 1. The van der Waals surface area contributed by atoms with Gasteiger partial charge in [-0.05, 0) is 36.7 Å². The van der Waals surface area contributed by atoms with Gasteiger partial charge >= 0.3 is 0 Å². The highest BCUT2D eigenvalue weighted by Gasteiger charge is 2.20. The van der Waals surface area contributed by atoms with E-state index in [0.717, 1.165) is 59.9 Å². The molecule has 0 atom stereocenters. The van der Waals surface area contributed by atoms with Crippen LogP contribution in [-0.4, -0.2) is 41.6 Å². The largest absolute Gasteiger partial charge is 0.441 e. The van der Waals surface area contributed by atoms with Crippen LogP contribution in [0.2, 0.25) is 0 Å². The normalized spacial score (nSPS) is 19.7. The molecule has 1 N–H and O–H groups in total. The number of aliphatic imine (C=N–C) groups is 2. The summed E-state index contributed by atoms with van der Waals surface area (Å²) in [5.41, 5.74) is 5.99. The maximum absolute atomic E-state index is 5.64. The van der Waals surface area contributed by atoms with Crippen LogP contribution in [0.4, 0.5) is 0 Å². The second-order valence-corrected chi connectivity index (χ2v) is 6.58. The van der Waals surface area contributed by atoms with Crippen LogP contribution in [0.3, 0.4) is 0 Å². The van der Waals surface area contributed by atoms with Gasteiger partial charge in [-0.1, -0.05) is 12.1 Å². The van der Waals surface area contributed by atoms with Crippen LogP contribution in [0.1, 0.15) is 17.9 Å². The Bertz CT molecular complexity index is 1040. The van der Waals surface area contributed by atoms with Gasteiger partial charge < -0.3 is 14.6 Å². The second kappa shape index (κ2) is 6.07. The molecule has 6 nitrogen and oxygen atoms in total. The Morgan fingerprint density at radius 1 is 1.19 bits per heavy atom. The van der Waals surface area contributed by atoms with Gasteiger partial charge in [-0.25, -0.2) is 9.98 Å². The van der Waals surface area contributed by atoms with Gasteiger partial charge in [0.15, 0.2) is 17.3 Å². The van der Waals surface area contributed by atoms with Crippen molar-refractivity contribution in [2.75, 3.05) is 19.6 Å². The molecule has 6 heteroatoms. The number of benzene rings is 1. The lowest BCUT2D eigenvalue weighted by Gasteiger charge is -2.27. The van der Waals surface area contributed by atoms with Crippen molar-refractivity contribution in [2.24, 2.45) is 9.98 Å². The molecule has 0 fully saturated rings. The number of fused-ring (bicyclic) bond motifs is 2. The maximum Gasteiger partial charge on any atom is 0.192 e. The minimum Gasteiger partial charge on any atom is -0.441 e. The van der Waals surface area contributed by atoms with E-state index in [2.05, 4.69) is 38.5 Å². The fourth-order valence-electron chi connectivity index (χ4n) is 3.44. The number of rotatable bonds is 2. The van der Waals surface area contributed by atoms with Gasteiger partial charge in [0, 0.05) is 31.8 Å². The lowest BCUT2D eigenvalue weighted by molar-refractivity contribution is 0.561. The first-order valence-corrected chi connectivity index (χ1v) is 8.85. The monoisotopic (exact) mass is 345 g/mol. The van der Waals surface area contributed by atoms with E-state index in [-0.39, 0.29) is 0 Å². The molecule has 2 aromatic rings. The molecule has 1 aromatic carbocycles. The van der Waals surface area contributed by atoms with Crippen molar-refractivity contribution < 1.29 is 4.42 Å². The third kappa shape index (κ3) is 2.68. The zero-order valence-corrected chi connectivity index (χ0v) is 14.6. The van der Waals surface area contributed by atoms with Crippen LogP contribution in [0.25, 0.3) is 16.8 Å². The van der Waals surface area contributed by atoms with E-state index in [4.69, 9.17) is 9.41 Å². The molecule has 0 bridgehead atoms. The predicted octanol–water partition coefficient (Wildman–Crippen LogP) is 3.04. The van der Waals surface area contributed by atoms with Crippen molar-refractivity contribution in [2.45, 2.75) is 13.3 Å². The molecule has 0 saturated heterocycles. The fourth-order valence-corrected chi connectivity index (χ4v) is 3.44. The zero-order chi connectivity index (χ0) is 17.5. The topological polar surface area (TPSA) is 66.0 Å². The van der Waals surface area contributed by atoms with Crippen LogP contribution < -0.4 is 5.32 Å². The summed E-state index contributed by atoms with van der Waals surface area (Å²) in [6, 6.07) is 6.02. The Kier molecular flexibility index (Phi) is 3.57. The summed E-state index contributed by atoms with van der Waals surface area (Å²) in [5, 5.41) is 3.33. The highest BCUT2D eigenvalue weighted by molar-refractivity contribution is 6.32. The molecule has 3 aliphatic rings. The third-order valence-corrected chi connectivity index (χ3v) is 4.79. The SMILES string of the molecule is Cc1nc2ccc(C3=CCN4C=C(C5=CCNCC5)N=CC4=N3)cc2o1. The summed E-state index contributed by atoms with van der Waals surface area (Å²) in [7, 11) is 0. The molecule has 26 heavy (non-hydrogen) atoms. The number of aromatic nitrogens is 1. The van der Waals surface area contributed by atoms with Crippen LogP contribution in [0.15, 0.2) is 62.2 Å². The highest BCUT2D eigenvalue weighted by atomic mass is 16.3. The van der Waals surface area contributed by atoms with Gasteiger partial charge in [0.05, 0.1) is 17.6 Å². The number of nitrogens with one attached hydrogen (secondary N) is 1. The van der Waals surface area contributed by atoms with Gasteiger partial charge in [-0.15, -0.1) is 0 Å². The summed E-state index contributed by atoms with van der Waals surface area (Å²) < 4.78 is 5.64. The Balaban J connectivity index is 1.42. The number of hydrogen-bond donors (Lipinski definition) is 1. The van der Waals surface area contributed by atoms with Crippen LogP contribution in [0.5, 0.6) is 0 Å². The molecule has 0 spiro atoms. The summed E-state index contributed by atoms with van der Waals surface area (Å²) >= 11 is 0. The molecular weight excluding hydrogens is 326 g/mol. The van der Waals surface area contributed by atoms with Crippen molar-refractivity contribution in [3.05, 3.63) is 59.3 Å². The van der Waals surface area contributed by atoms with Crippen LogP contribution in [-0.2, 0) is 0 Å². The minimum absolute atomic E-state index is 0.677. The molecular formula is C20H19N5O. The number of hydrogen-bond acceptors (Lipinski definition) is 6. The standard InChI is InChI=1S/C20H19N5O/c1-13-23-17-3-2-15(10-19(17)26-13)16-6-9-25-12-18(22-11-20(25)24-16)14-4-7-21-8-5-14/h2-4,6,10-12,21H,5,7-9H2,1H3. The zero-order valence-electron chi connectivity index (χ0n) is 14.6. The lowest BCUT2D eigenvalue weighted by Crippen LogP contribution is -2.33. The number of aryl methyl sites for hydroxylation is 1. The first kappa shape index (κ1) is 15.3. The molecule has 130 valence electrons. The van der Waals surface area contributed by atoms with Crippen molar-refractivity contribution in [3.8, 4) is 0 Å². The molecule has 0 radical (unpaired) electrons. The van der Waals surface area contributed by atoms with E-state index >= 15 is 0 Å². The molecule has 0 aliphatic carbocycles. The smallest absolute Gasteiger partial charge is 0.192 e. The van der Waals surface area contributed by atoms with E-state index < -0.39 is 0 Å². The molecule has 0 unspecified atom stereocenters. The van der Waals surface area contributed by atoms with Gasteiger partial charge in [-0.2, -0.15) is 0 Å². The van der Waals surface area contributed by atoms with Crippen molar-refractivity contribution in [1.29, 1.82) is 0 Å². The first-order chi connectivity index (χ1) is 12.8. The van der Waals surface area contributed by atoms with Crippen molar-refractivity contribution in [1.82, 2.24) is 15.2 Å². The van der Waals surface area contributed by atoms with Crippen molar-refractivity contribution in [3.63, 3.8) is 0 Å². The Labute approximate surface area is 151 Å². The Morgan fingerprint density at radius 3 is 3.04 bits per heavy atom. The molecule has 1 aromatic heterocycles. The molecule has 0 saturated carbocycles. The fraction of sp³-hybridized carbons (Fsp3) is 0.250. The van der Waals surface area contributed by atoms with Crippen LogP contribution >= 0.6 is 0 Å². The van der Waals surface area contributed by atoms with Gasteiger partial charge in [0.1, 0.15) is 5.52 Å². The van der Waals surface area contributed by atoms with Gasteiger partial charge in [0.2, 0.25) is 0 Å². The predicted molar refractivity (Wildman–Crippen MR) is 103 cm³/mol. The van der Waals surface area contributed by atoms with E-state index in [9.17, 15) is 0 Å². The number of nitrogens with zero attached hydrogens (tertiary/aromatic N) is 4. The average molecular weight is 345 g/mol. The summed E-state index contributed by atoms with van der Waals surface area (Å²) in [6.07, 6.45) is 9.34. The molecule has 3 aliphatic heterocycles. The van der Waals surface area contributed by atoms with Gasteiger partial charge in [-0.3, -0.25) is 4.99 Å². The second-order valence-electron chi connectivity index (χ2n) is 6.58. The van der Waals surface area contributed by atoms with Crippen molar-refractivity contribution >= 4 is 28.8 Å². The number of oxazole rings is 1. The summed E-state index contributed by atoms with van der Waals surface area (Å²) in [5.74, 6) is 1.55. The summed E-state index contributed by atoms with van der Waals surface area (Å²) in [4.78, 5) is 15.9. The highest BCUT2D eigenvalue weighted by Crippen LogP contribution is 2.27. The quantitative estimate of drug-likeness (QED) is 0.908. The van der Waals surface area contributed by atoms with E-state index in [0.29, 0.717) is 5.89 Å². The maximum atomic E-state index is 5.64. The molecule has 4 heterocycles. The Morgan fingerprint density at radius 2 is 2.15 bits per heavy atom. The van der Waals surface area contributed by atoms with E-state index in [1.807, 2.05) is 31.3 Å². The third-order valence-electron chi connectivity index (χ3n) is 4.79. The Hall–Kier alpha value is -2.99. The van der Waals surface area contributed by atoms with Crippen LogP contribution in [0, 0.1) is 6.92 Å². The van der Waals surface area contributed by atoms with E-state index in [1.165, 1.54) is 5.57 Å². The van der Waals surface area contributed by atoms with E-state index in [1.54, 1.807) is 0 Å². The number of allylic oxidation sites excluding steroid dienone is 1. The summed E-state index contributed by atoms with van der Waals surface area (Å²) in [6.45, 7) is 4.56. The first-order valence-electron chi connectivity index (χ1n) is 8.85. The lowest BCUT2D eigenvalue weighted by atomic mass is 10.1. The molecule has 5 rings (SSSR count).